The van der Waals surface area contributed by atoms with Crippen LogP contribution in [0.15, 0.2) is 65.8 Å². The number of carbonyl (C=O) groups excluding carboxylic acids is 2. The van der Waals surface area contributed by atoms with Crippen molar-refractivity contribution in [3.63, 3.8) is 0 Å². The van der Waals surface area contributed by atoms with Crippen molar-refractivity contribution in [2.75, 3.05) is 10.0 Å². The van der Waals surface area contributed by atoms with Gasteiger partial charge in [-0.05, 0) is 62.7 Å². The standard InChI is InChI=1S/C25H24N6O5S/c1-4-21(36-24(33)19-6-5-7-20-22(19)27-13-12-26-20)23(32)30-17-8-10-18(11-9-17)37(34,35)31-25-28-15(2)14-16(3)29-25/h5-14,21H,4H2,1-3H3,(H,30,32)(H,28,29,31). The van der Waals surface area contributed by atoms with Crippen LogP contribution in [0.25, 0.3) is 11.0 Å². The molecule has 12 heteroatoms. The Balaban J connectivity index is 1.43. The Bertz CT molecular complexity index is 1550. The van der Waals surface area contributed by atoms with Crippen molar-refractivity contribution in [1.29, 1.82) is 0 Å². The first-order chi connectivity index (χ1) is 17.7. The molecule has 0 fully saturated rings. The fourth-order valence-electron chi connectivity index (χ4n) is 3.56. The molecule has 0 aliphatic rings. The number of carbonyl (C=O) groups is 2. The second-order valence-corrected chi connectivity index (χ2v) is 9.81. The highest BCUT2D eigenvalue weighted by atomic mass is 32.2. The summed E-state index contributed by atoms with van der Waals surface area (Å²) in [7, 11) is -3.95. The Morgan fingerprint density at radius 3 is 2.32 bits per heavy atom. The van der Waals surface area contributed by atoms with Crippen molar-refractivity contribution in [3.8, 4) is 0 Å². The van der Waals surface area contributed by atoms with Crippen LogP contribution in [0, 0.1) is 13.8 Å². The Kier molecular flexibility index (Phi) is 7.39. The number of nitrogens with zero attached hydrogens (tertiary/aromatic N) is 4. The first-order valence-electron chi connectivity index (χ1n) is 11.3. The van der Waals surface area contributed by atoms with Crippen LogP contribution < -0.4 is 10.0 Å². The monoisotopic (exact) mass is 520 g/mol. The lowest BCUT2D eigenvalue weighted by molar-refractivity contribution is -0.124. The maximum absolute atomic E-state index is 12.8. The normalized spacial score (nSPS) is 12.1. The molecule has 0 aliphatic heterocycles. The fraction of sp³-hybridized carbons (Fsp3) is 0.200. The van der Waals surface area contributed by atoms with Gasteiger partial charge >= 0.3 is 5.97 Å². The van der Waals surface area contributed by atoms with Crippen LogP contribution in [-0.4, -0.2) is 46.3 Å². The second-order valence-electron chi connectivity index (χ2n) is 8.13. The molecule has 2 heterocycles. The van der Waals surface area contributed by atoms with Gasteiger partial charge in [0.1, 0.15) is 5.52 Å². The summed E-state index contributed by atoms with van der Waals surface area (Å²) in [6.07, 6.45) is 2.13. The van der Waals surface area contributed by atoms with E-state index in [0.29, 0.717) is 28.1 Å². The van der Waals surface area contributed by atoms with Gasteiger partial charge in [-0.25, -0.2) is 27.9 Å². The van der Waals surface area contributed by atoms with Crippen molar-refractivity contribution in [2.24, 2.45) is 0 Å². The van der Waals surface area contributed by atoms with E-state index in [9.17, 15) is 18.0 Å². The van der Waals surface area contributed by atoms with Gasteiger partial charge in [0.25, 0.3) is 15.9 Å². The van der Waals surface area contributed by atoms with Gasteiger partial charge in [-0.3, -0.25) is 14.8 Å². The summed E-state index contributed by atoms with van der Waals surface area (Å²) in [5.74, 6) is -1.28. The van der Waals surface area contributed by atoms with E-state index in [1.54, 1.807) is 45.0 Å². The largest absolute Gasteiger partial charge is 0.449 e. The Morgan fingerprint density at radius 1 is 0.973 bits per heavy atom. The van der Waals surface area contributed by atoms with Crippen molar-refractivity contribution >= 4 is 44.6 Å². The molecule has 2 aromatic carbocycles. The zero-order chi connectivity index (χ0) is 26.6. The average Bonchev–Trinajstić information content (AvgIpc) is 2.86. The van der Waals surface area contributed by atoms with E-state index in [1.165, 1.54) is 36.7 Å². The molecule has 0 aliphatic carbocycles. The number of fused-ring (bicyclic) bond motifs is 1. The highest BCUT2D eigenvalue weighted by Crippen LogP contribution is 2.19. The third-order valence-electron chi connectivity index (χ3n) is 5.27. The number of aryl methyl sites for hydroxylation is 2. The maximum Gasteiger partial charge on any atom is 0.341 e. The third-order valence-corrected chi connectivity index (χ3v) is 6.62. The molecule has 190 valence electrons. The van der Waals surface area contributed by atoms with Crippen LogP contribution in [0.3, 0.4) is 0 Å². The Labute approximate surface area is 213 Å². The molecule has 37 heavy (non-hydrogen) atoms. The number of benzene rings is 2. The first kappa shape index (κ1) is 25.6. The number of aromatic nitrogens is 4. The summed E-state index contributed by atoms with van der Waals surface area (Å²) >= 11 is 0. The Morgan fingerprint density at radius 2 is 1.65 bits per heavy atom. The molecule has 0 saturated carbocycles. The number of hydrogen-bond acceptors (Lipinski definition) is 9. The molecule has 2 N–H and O–H groups in total. The lowest BCUT2D eigenvalue weighted by Gasteiger charge is -2.16. The molecule has 4 rings (SSSR count). The predicted octanol–water partition coefficient (Wildman–Crippen LogP) is 3.41. The van der Waals surface area contributed by atoms with E-state index in [2.05, 4.69) is 30.0 Å². The van der Waals surface area contributed by atoms with Crippen molar-refractivity contribution in [1.82, 2.24) is 19.9 Å². The average molecular weight is 521 g/mol. The molecule has 2 aromatic heterocycles. The summed E-state index contributed by atoms with van der Waals surface area (Å²) in [6, 6.07) is 12.2. The van der Waals surface area contributed by atoms with E-state index in [4.69, 9.17) is 4.74 Å². The van der Waals surface area contributed by atoms with Gasteiger partial charge in [0.15, 0.2) is 6.10 Å². The van der Waals surface area contributed by atoms with Gasteiger partial charge < -0.3 is 10.1 Å². The summed E-state index contributed by atoms with van der Waals surface area (Å²) in [4.78, 5) is 42.1. The fourth-order valence-corrected chi connectivity index (χ4v) is 4.51. The van der Waals surface area contributed by atoms with Crippen molar-refractivity contribution < 1.29 is 22.7 Å². The van der Waals surface area contributed by atoms with E-state index in [1.807, 2.05) is 0 Å². The third kappa shape index (κ3) is 6.04. The molecule has 0 radical (unpaired) electrons. The summed E-state index contributed by atoms with van der Waals surface area (Å²) < 4.78 is 33.2. The zero-order valence-corrected chi connectivity index (χ0v) is 21.1. The van der Waals surface area contributed by atoms with Crippen LogP contribution in [0.2, 0.25) is 0 Å². The van der Waals surface area contributed by atoms with Gasteiger partial charge in [-0.2, -0.15) is 0 Å². The lowest BCUT2D eigenvalue weighted by Crippen LogP contribution is -2.32. The van der Waals surface area contributed by atoms with Crippen molar-refractivity contribution in [2.45, 2.75) is 38.2 Å². The van der Waals surface area contributed by atoms with E-state index < -0.39 is 28.0 Å². The number of nitrogens with one attached hydrogen (secondary N) is 2. The molecule has 1 amide bonds. The van der Waals surface area contributed by atoms with Gasteiger partial charge in [0, 0.05) is 29.5 Å². The van der Waals surface area contributed by atoms with Gasteiger partial charge in [-0.15, -0.1) is 0 Å². The highest BCUT2D eigenvalue weighted by molar-refractivity contribution is 7.92. The topological polar surface area (TPSA) is 153 Å². The summed E-state index contributed by atoms with van der Waals surface area (Å²) in [6.45, 7) is 5.18. The van der Waals surface area contributed by atoms with Crippen LogP contribution in [0.4, 0.5) is 11.6 Å². The van der Waals surface area contributed by atoms with Crippen LogP contribution in [0.5, 0.6) is 0 Å². The SMILES string of the molecule is CCC(OC(=O)c1cccc2nccnc12)C(=O)Nc1ccc(S(=O)(=O)Nc2nc(C)cc(C)n2)cc1. The number of rotatable bonds is 8. The number of hydrogen-bond donors (Lipinski definition) is 2. The Hall–Kier alpha value is -4.45. The number of ether oxygens (including phenoxy) is 1. The van der Waals surface area contributed by atoms with E-state index in [-0.39, 0.29) is 22.8 Å². The summed E-state index contributed by atoms with van der Waals surface area (Å²) in [5.41, 5.74) is 2.69. The van der Waals surface area contributed by atoms with Crippen molar-refractivity contribution in [3.05, 3.63) is 77.9 Å². The van der Waals surface area contributed by atoms with Gasteiger partial charge in [0.2, 0.25) is 5.95 Å². The lowest BCUT2D eigenvalue weighted by atomic mass is 10.1. The molecular formula is C25H24N6O5S. The number of amides is 1. The molecule has 11 nitrogen and oxygen atoms in total. The highest BCUT2D eigenvalue weighted by Gasteiger charge is 2.24. The van der Waals surface area contributed by atoms with Crippen LogP contribution >= 0.6 is 0 Å². The van der Waals surface area contributed by atoms with Crippen LogP contribution in [-0.2, 0) is 19.6 Å². The minimum Gasteiger partial charge on any atom is -0.449 e. The zero-order valence-electron chi connectivity index (χ0n) is 20.3. The van der Waals surface area contributed by atoms with Gasteiger partial charge in [-0.1, -0.05) is 13.0 Å². The smallest absolute Gasteiger partial charge is 0.341 e. The molecular weight excluding hydrogens is 496 g/mol. The maximum atomic E-state index is 12.8. The molecule has 1 atom stereocenters. The predicted molar refractivity (Wildman–Crippen MR) is 136 cm³/mol. The van der Waals surface area contributed by atoms with Crippen LogP contribution in [0.1, 0.15) is 35.1 Å². The number of anilines is 2. The molecule has 0 spiro atoms. The number of esters is 1. The minimum absolute atomic E-state index is 0.0281. The first-order valence-corrected chi connectivity index (χ1v) is 12.8. The van der Waals surface area contributed by atoms with Gasteiger partial charge in [0.05, 0.1) is 16.0 Å². The minimum atomic E-state index is -3.95. The quantitative estimate of drug-likeness (QED) is 0.333. The molecule has 4 aromatic rings. The molecule has 0 saturated heterocycles. The van der Waals surface area contributed by atoms with E-state index in [0.717, 1.165) is 0 Å². The summed E-state index contributed by atoms with van der Waals surface area (Å²) in [5, 5.41) is 2.65. The second kappa shape index (κ2) is 10.7. The molecule has 0 bridgehead atoms. The number of sulfonamides is 1. The van der Waals surface area contributed by atoms with E-state index >= 15 is 0 Å². The molecule has 1 unspecified atom stereocenters. The number of para-hydroxylation sites is 1.